The van der Waals surface area contributed by atoms with Gasteiger partial charge in [0.2, 0.25) is 0 Å². The Morgan fingerprint density at radius 3 is 2.20 bits per heavy atom. The first-order chi connectivity index (χ1) is 7.36. The molecular formula is C14H22O. The predicted octanol–water partition coefficient (Wildman–Crippen LogP) is 3.96. The normalized spacial score (nSPS) is 10.5. The van der Waals surface area contributed by atoms with Crippen LogP contribution in [0.4, 0.5) is 0 Å². The van der Waals surface area contributed by atoms with Gasteiger partial charge in [0.15, 0.2) is 0 Å². The predicted molar refractivity (Wildman–Crippen MR) is 65.0 cm³/mol. The smallest absolute Gasteiger partial charge is 0.0713 e. The highest BCUT2D eigenvalue weighted by Crippen LogP contribution is 2.10. The Balaban J connectivity index is 2.29. The minimum absolute atomic E-state index is 0.718. The largest absolute Gasteiger partial charge is 0.380 e. The Morgan fingerprint density at radius 2 is 1.60 bits per heavy atom. The van der Waals surface area contributed by atoms with Crippen LogP contribution < -0.4 is 0 Å². The molecule has 0 amide bonds. The number of hydrogen-bond acceptors (Lipinski definition) is 1. The third-order valence-corrected chi connectivity index (χ3v) is 2.65. The van der Waals surface area contributed by atoms with Crippen molar-refractivity contribution in [1.82, 2.24) is 0 Å². The number of benzene rings is 1. The molecule has 0 atom stereocenters. The number of unbranched alkanes of at least 4 members (excludes halogenated alkanes) is 3. The molecule has 0 fully saturated rings. The van der Waals surface area contributed by atoms with Gasteiger partial charge in [-0.25, -0.2) is 0 Å². The zero-order chi connectivity index (χ0) is 10.9. The number of rotatable bonds is 7. The van der Waals surface area contributed by atoms with Gasteiger partial charge in [0.25, 0.3) is 0 Å². The molecule has 0 aliphatic rings. The lowest BCUT2D eigenvalue weighted by Gasteiger charge is -2.03. The molecule has 1 aromatic rings. The van der Waals surface area contributed by atoms with Crippen molar-refractivity contribution in [2.45, 2.75) is 45.6 Å². The summed E-state index contributed by atoms with van der Waals surface area (Å²) in [5.41, 5.74) is 2.71. The molecule has 0 heterocycles. The van der Waals surface area contributed by atoms with Crippen molar-refractivity contribution in [1.29, 1.82) is 0 Å². The maximum atomic E-state index is 5.08. The third kappa shape index (κ3) is 4.98. The molecule has 0 saturated carbocycles. The summed E-state index contributed by atoms with van der Waals surface area (Å²) in [4.78, 5) is 0. The van der Waals surface area contributed by atoms with E-state index in [1.54, 1.807) is 7.11 Å². The average Bonchev–Trinajstić information content (AvgIpc) is 2.27. The lowest BCUT2D eigenvalue weighted by molar-refractivity contribution is 0.185. The molecule has 84 valence electrons. The lowest BCUT2D eigenvalue weighted by Crippen LogP contribution is -1.89. The van der Waals surface area contributed by atoms with Crippen LogP contribution in [-0.4, -0.2) is 7.11 Å². The Morgan fingerprint density at radius 1 is 0.933 bits per heavy atom. The van der Waals surface area contributed by atoms with Crippen molar-refractivity contribution < 1.29 is 4.74 Å². The summed E-state index contributed by atoms with van der Waals surface area (Å²) in [6.07, 6.45) is 6.57. The molecule has 1 aromatic carbocycles. The van der Waals surface area contributed by atoms with E-state index in [2.05, 4.69) is 31.2 Å². The van der Waals surface area contributed by atoms with Crippen LogP contribution in [0.25, 0.3) is 0 Å². The summed E-state index contributed by atoms with van der Waals surface area (Å²) in [7, 11) is 1.73. The fraction of sp³-hybridized carbons (Fsp3) is 0.571. The van der Waals surface area contributed by atoms with E-state index in [4.69, 9.17) is 4.74 Å². The molecule has 0 spiro atoms. The monoisotopic (exact) mass is 206 g/mol. The molecule has 0 N–H and O–H groups in total. The molecule has 0 bridgehead atoms. The summed E-state index contributed by atoms with van der Waals surface area (Å²) < 4.78 is 5.08. The molecule has 0 aromatic heterocycles. The van der Waals surface area contributed by atoms with Crippen molar-refractivity contribution >= 4 is 0 Å². The van der Waals surface area contributed by atoms with E-state index >= 15 is 0 Å². The Bertz CT molecular complexity index is 251. The summed E-state index contributed by atoms with van der Waals surface area (Å²) >= 11 is 0. The van der Waals surface area contributed by atoms with Crippen LogP contribution in [0.15, 0.2) is 24.3 Å². The van der Waals surface area contributed by atoms with Crippen molar-refractivity contribution in [3.05, 3.63) is 35.4 Å². The number of methoxy groups -OCH3 is 1. The molecule has 0 unspecified atom stereocenters. The van der Waals surface area contributed by atoms with Crippen molar-refractivity contribution in [3.8, 4) is 0 Å². The van der Waals surface area contributed by atoms with Crippen molar-refractivity contribution in [2.24, 2.45) is 0 Å². The SMILES string of the molecule is CCCCCCc1ccc(COC)cc1. The van der Waals surface area contributed by atoms with Crippen molar-refractivity contribution in [3.63, 3.8) is 0 Å². The second-order valence-electron chi connectivity index (χ2n) is 4.06. The Hall–Kier alpha value is -0.820. The van der Waals surface area contributed by atoms with E-state index in [9.17, 15) is 0 Å². The summed E-state index contributed by atoms with van der Waals surface area (Å²) in [5, 5.41) is 0. The zero-order valence-electron chi connectivity index (χ0n) is 9.96. The van der Waals surface area contributed by atoms with E-state index in [1.807, 2.05) is 0 Å². The number of ether oxygens (including phenoxy) is 1. The molecule has 1 nitrogen and oxygen atoms in total. The number of hydrogen-bond donors (Lipinski definition) is 0. The molecule has 0 radical (unpaired) electrons. The maximum Gasteiger partial charge on any atom is 0.0713 e. The first-order valence-corrected chi connectivity index (χ1v) is 5.93. The number of aryl methyl sites for hydroxylation is 1. The van der Waals surface area contributed by atoms with Crippen LogP contribution in [-0.2, 0) is 17.8 Å². The van der Waals surface area contributed by atoms with Crippen LogP contribution in [0.3, 0.4) is 0 Å². The summed E-state index contributed by atoms with van der Waals surface area (Å²) in [6, 6.07) is 8.78. The molecular weight excluding hydrogens is 184 g/mol. The summed E-state index contributed by atoms with van der Waals surface area (Å²) in [5.74, 6) is 0. The molecule has 0 aliphatic heterocycles. The van der Waals surface area contributed by atoms with Crippen LogP contribution in [0.5, 0.6) is 0 Å². The van der Waals surface area contributed by atoms with Gasteiger partial charge in [0.05, 0.1) is 6.61 Å². The topological polar surface area (TPSA) is 9.23 Å². The van der Waals surface area contributed by atoms with E-state index < -0.39 is 0 Å². The average molecular weight is 206 g/mol. The zero-order valence-corrected chi connectivity index (χ0v) is 9.96. The van der Waals surface area contributed by atoms with Gasteiger partial charge in [0, 0.05) is 7.11 Å². The fourth-order valence-corrected chi connectivity index (χ4v) is 1.72. The highest BCUT2D eigenvalue weighted by atomic mass is 16.5. The van der Waals surface area contributed by atoms with Crippen LogP contribution >= 0.6 is 0 Å². The van der Waals surface area contributed by atoms with E-state index in [0.29, 0.717) is 0 Å². The van der Waals surface area contributed by atoms with Gasteiger partial charge >= 0.3 is 0 Å². The maximum absolute atomic E-state index is 5.08. The van der Waals surface area contributed by atoms with Gasteiger partial charge in [-0.1, -0.05) is 50.5 Å². The van der Waals surface area contributed by atoms with Gasteiger partial charge in [0.1, 0.15) is 0 Å². The van der Waals surface area contributed by atoms with E-state index in [-0.39, 0.29) is 0 Å². The Kier molecular flexibility index (Phi) is 6.10. The van der Waals surface area contributed by atoms with Crippen LogP contribution in [0, 0.1) is 0 Å². The molecule has 1 heteroatoms. The standard InChI is InChI=1S/C14H22O/c1-3-4-5-6-7-13-8-10-14(11-9-13)12-15-2/h8-11H,3-7,12H2,1-2H3. The lowest BCUT2D eigenvalue weighted by atomic mass is 10.0. The van der Waals surface area contributed by atoms with E-state index in [0.717, 1.165) is 6.61 Å². The minimum atomic E-state index is 0.718. The quantitative estimate of drug-likeness (QED) is 0.614. The molecule has 15 heavy (non-hydrogen) atoms. The van der Waals surface area contributed by atoms with Crippen LogP contribution in [0.1, 0.15) is 43.7 Å². The molecule has 0 aliphatic carbocycles. The minimum Gasteiger partial charge on any atom is -0.380 e. The molecule has 1 rings (SSSR count). The van der Waals surface area contributed by atoms with Gasteiger partial charge in [-0.05, 0) is 24.0 Å². The first-order valence-electron chi connectivity index (χ1n) is 5.93. The highest BCUT2D eigenvalue weighted by Gasteiger charge is 1.95. The Labute approximate surface area is 93.5 Å². The fourth-order valence-electron chi connectivity index (χ4n) is 1.72. The second kappa shape index (κ2) is 7.47. The van der Waals surface area contributed by atoms with Gasteiger partial charge in [-0.15, -0.1) is 0 Å². The first kappa shape index (κ1) is 12.3. The summed E-state index contributed by atoms with van der Waals surface area (Å²) in [6.45, 7) is 2.97. The van der Waals surface area contributed by atoms with Gasteiger partial charge in [-0.2, -0.15) is 0 Å². The van der Waals surface area contributed by atoms with E-state index in [1.165, 1.54) is 43.2 Å². The van der Waals surface area contributed by atoms with Gasteiger partial charge < -0.3 is 4.74 Å². The van der Waals surface area contributed by atoms with Crippen LogP contribution in [0.2, 0.25) is 0 Å². The van der Waals surface area contributed by atoms with Gasteiger partial charge in [-0.3, -0.25) is 0 Å². The molecule has 0 saturated heterocycles. The van der Waals surface area contributed by atoms with Crippen molar-refractivity contribution in [2.75, 3.05) is 7.11 Å². The highest BCUT2D eigenvalue weighted by molar-refractivity contribution is 5.22. The third-order valence-electron chi connectivity index (χ3n) is 2.65. The second-order valence-corrected chi connectivity index (χ2v) is 4.06.